The zero-order chi connectivity index (χ0) is 10.1. The van der Waals surface area contributed by atoms with E-state index in [9.17, 15) is 4.79 Å². The zero-order valence-electron chi connectivity index (χ0n) is 7.71. The summed E-state index contributed by atoms with van der Waals surface area (Å²) in [5, 5.41) is 8.73. The maximum atomic E-state index is 11.5. The highest BCUT2D eigenvalue weighted by atomic mass is 16.1. The standard InChI is InChI=1S/C11H10N2O/c12-6-7-4-9-8(10(13)5-7)2-1-3-11(9)14/h4-5H,1-3,13H2. The van der Waals surface area contributed by atoms with Crippen molar-refractivity contribution in [2.75, 3.05) is 5.73 Å². The van der Waals surface area contributed by atoms with Crippen molar-refractivity contribution in [2.24, 2.45) is 0 Å². The molecule has 3 heteroatoms. The van der Waals surface area contributed by atoms with Gasteiger partial charge in [0, 0.05) is 17.7 Å². The molecule has 14 heavy (non-hydrogen) atoms. The number of hydrogen-bond donors (Lipinski definition) is 1. The number of nitriles is 1. The number of nitrogen functional groups attached to an aromatic ring is 1. The Bertz CT molecular complexity index is 443. The Balaban J connectivity index is 2.64. The number of nitrogens with zero attached hydrogens (tertiary/aromatic N) is 1. The molecule has 0 aliphatic heterocycles. The second-order valence-electron chi connectivity index (χ2n) is 3.48. The lowest BCUT2D eigenvalue weighted by Crippen LogP contribution is -2.13. The third-order valence-corrected chi connectivity index (χ3v) is 2.54. The normalized spacial score (nSPS) is 14.6. The molecule has 0 bridgehead atoms. The van der Waals surface area contributed by atoms with E-state index in [-0.39, 0.29) is 5.78 Å². The lowest BCUT2D eigenvalue weighted by molar-refractivity contribution is 0.0972. The molecule has 2 rings (SSSR count). The minimum atomic E-state index is 0.107. The predicted octanol–water partition coefficient (Wildman–Crippen LogP) is 1.66. The summed E-state index contributed by atoms with van der Waals surface area (Å²) in [7, 11) is 0. The van der Waals surface area contributed by atoms with Crippen molar-refractivity contribution in [3.05, 3.63) is 28.8 Å². The van der Waals surface area contributed by atoms with E-state index >= 15 is 0 Å². The molecule has 1 aliphatic rings. The number of hydrogen-bond acceptors (Lipinski definition) is 3. The van der Waals surface area contributed by atoms with Gasteiger partial charge >= 0.3 is 0 Å². The van der Waals surface area contributed by atoms with E-state index in [1.54, 1.807) is 12.1 Å². The van der Waals surface area contributed by atoms with Crippen molar-refractivity contribution >= 4 is 11.5 Å². The molecule has 0 aromatic heterocycles. The number of benzene rings is 1. The molecule has 3 nitrogen and oxygen atoms in total. The number of rotatable bonds is 0. The van der Waals surface area contributed by atoms with E-state index in [0.717, 1.165) is 18.4 Å². The number of anilines is 1. The minimum absolute atomic E-state index is 0.107. The summed E-state index contributed by atoms with van der Waals surface area (Å²) >= 11 is 0. The van der Waals surface area contributed by atoms with Crippen LogP contribution in [0.1, 0.15) is 34.3 Å². The topological polar surface area (TPSA) is 66.9 Å². The first-order valence-electron chi connectivity index (χ1n) is 4.58. The highest BCUT2D eigenvalue weighted by molar-refractivity contribution is 6.00. The monoisotopic (exact) mass is 186 g/mol. The van der Waals surface area contributed by atoms with Crippen LogP contribution in [0.2, 0.25) is 0 Å². The highest BCUT2D eigenvalue weighted by Gasteiger charge is 2.19. The molecule has 0 saturated heterocycles. The van der Waals surface area contributed by atoms with Crippen molar-refractivity contribution in [1.82, 2.24) is 0 Å². The smallest absolute Gasteiger partial charge is 0.163 e. The summed E-state index contributed by atoms with van der Waals surface area (Å²) in [4.78, 5) is 11.5. The van der Waals surface area contributed by atoms with Gasteiger partial charge in [0.15, 0.2) is 5.78 Å². The average molecular weight is 186 g/mol. The van der Waals surface area contributed by atoms with Crippen LogP contribution in [0.25, 0.3) is 0 Å². The maximum absolute atomic E-state index is 11.5. The lowest BCUT2D eigenvalue weighted by atomic mass is 9.88. The van der Waals surface area contributed by atoms with Crippen molar-refractivity contribution in [1.29, 1.82) is 5.26 Å². The third kappa shape index (κ3) is 1.25. The Kier molecular flexibility index (Phi) is 1.97. The second-order valence-corrected chi connectivity index (χ2v) is 3.48. The fourth-order valence-corrected chi connectivity index (χ4v) is 1.85. The summed E-state index contributed by atoms with van der Waals surface area (Å²) in [6, 6.07) is 5.29. The molecule has 0 radical (unpaired) electrons. The van der Waals surface area contributed by atoms with E-state index in [1.807, 2.05) is 6.07 Å². The fraction of sp³-hybridized carbons (Fsp3) is 0.273. The van der Waals surface area contributed by atoms with Crippen LogP contribution in [0.5, 0.6) is 0 Å². The summed E-state index contributed by atoms with van der Waals surface area (Å²) in [5.41, 5.74) is 8.38. The van der Waals surface area contributed by atoms with Crippen molar-refractivity contribution in [3.8, 4) is 6.07 Å². The van der Waals surface area contributed by atoms with Gasteiger partial charge in [0.1, 0.15) is 0 Å². The molecule has 0 saturated carbocycles. The van der Waals surface area contributed by atoms with E-state index in [0.29, 0.717) is 23.2 Å². The largest absolute Gasteiger partial charge is 0.398 e. The van der Waals surface area contributed by atoms with Crippen molar-refractivity contribution < 1.29 is 4.79 Å². The van der Waals surface area contributed by atoms with Crippen molar-refractivity contribution in [2.45, 2.75) is 19.3 Å². The molecule has 0 heterocycles. The summed E-state index contributed by atoms with van der Waals surface area (Å²) in [6.07, 6.45) is 2.28. The molecule has 0 unspecified atom stereocenters. The van der Waals surface area contributed by atoms with Crippen LogP contribution in [-0.4, -0.2) is 5.78 Å². The Hall–Kier alpha value is -1.82. The zero-order valence-corrected chi connectivity index (χ0v) is 7.71. The SMILES string of the molecule is N#Cc1cc(N)c2c(c1)C(=O)CCC2. The van der Waals surface area contributed by atoms with Crippen LogP contribution in [0, 0.1) is 11.3 Å². The fourth-order valence-electron chi connectivity index (χ4n) is 1.85. The first-order chi connectivity index (χ1) is 6.72. The van der Waals surface area contributed by atoms with Gasteiger partial charge in [0.2, 0.25) is 0 Å². The Morgan fingerprint density at radius 2 is 2.14 bits per heavy atom. The van der Waals surface area contributed by atoms with Gasteiger partial charge in [-0.25, -0.2) is 0 Å². The Morgan fingerprint density at radius 1 is 1.36 bits per heavy atom. The molecular weight excluding hydrogens is 176 g/mol. The number of ketones is 1. The highest BCUT2D eigenvalue weighted by Crippen LogP contribution is 2.27. The average Bonchev–Trinajstić information content (AvgIpc) is 2.19. The van der Waals surface area contributed by atoms with E-state index in [1.165, 1.54) is 0 Å². The van der Waals surface area contributed by atoms with Gasteiger partial charge in [0.05, 0.1) is 11.6 Å². The van der Waals surface area contributed by atoms with Crippen LogP contribution in [0.3, 0.4) is 0 Å². The number of fused-ring (bicyclic) bond motifs is 1. The van der Waals surface area contributed by atoms with Crippen LogP contribution < -0.4 is 5.73 Å². The van der Waals surface area contributed by atoms with Crippen LogP contribution in [-0.2, 0) is 6.42 Å². The third-order valence-electron chi connectivity index (χ3n) is 2.54. The molecule has 1 aromatic rings. The number of carbonyl (C=O) groups excluding carboxylic acids is 1. The van der Waals surface area contributed by atoms with Gasteiger partial charge in [0.25, 0.3) is 0 Å². The number of carbonyl (C=O) groups is 1. The molecule has 0 atom stereocenters. The van der Waals surface area contributed by atoms with Crippen LogP contribution in [0.4, 0.5) is 5.69 Å². The molecule has 70 valence electrons. The Labute approximate surface area is 82.1 Å². The molecule has 2 N–H and O–H groups in total. The molecule has 1 aliphatic carbocycles. The molecular formula is C11H10N2O. The Morgan fingerprint density at radius 3 is 2.86 bits per heavy atom. The van der Waals surface area contributed by atoms with E-state index in [4.69, 9.17) is 11.0 Å². The molecule has 1 aromatic carbocycles. The summed E-state index contributed by atoms with van der Waals surface area (Å²) < 4.78 is 0. The van der Waals surface area contributed by atoms with Gasteiger partial charge < -0.3 is 5.73 Å². The maximum Gasteiger partial charge on any atom is 0.163 e. The minimum Gasteiger partial charge on any atom is -0.398 e. The van der Waals surface area contributed by atoms with Gasteiger partial charge in [-0.3, -0.25) is 4.79 Å². The quantitative estimate of drug-likeness (QED) is 0.626. The number of nitrogens with two attached hydrogens (primary N) is 1. The van der Waals surface area contributed by atoms with Gasteiger partial charge in [-0.15, -0.1) is 0 Å². The van der Waals surface area contributed by atoms with Crippen molar-refractivity contribution in [3.63, 3.8) is 0 Å². The lowest BCUT2D eigenvalue weighted by Gasteiger charge is -2.16. The van der Waals surface area contributed by atoms with Gasteiger partial charge in [-0.1, -0.05) is 0 Å². The van der Waals surface area contributed by atoms with Gasteiger partial charge in [-0.05, 0) is 30.5 Å². The predicted molar refractivity (Wildman–Crippen MR) is 52.8 cm³/mol. The second kappa shape index (κ2) is 3.15. The molecule has 0 amide bonds. The van der Waals surface area contributed by atoms with E-state index in [2.05, 4.69) is 0 Å². The first kappa shape index (κ1) is 8.76. The summed E-state index contributed by atoms with van der Waals surface area (Å²) in [6.45, 7) is 0. The van der Waals surface area contributed by atoms with Crippen LogP contribution >= 0.6 is 0 Å². The first-order valence-corrected chi connectivity index (χ1v) is 4.58. The van der Waals surface area contributed by atoms with E-state index < -0.39 is 0 Å². The summed E-state index contributed by atoms with van der Waals surface area (Å²) in [5.74, 6) is 0.107. The molecule has 0 spiro atoms. The van der Waals surface area contributed by atoms with Gasteiger partial charge in [-0.2, -0.15) is 5.26 Å². The van der Waals surface area contributed by atoms with Crippen LogP contribution in [0.15, 0.2) is 12.1 Å². The number of Topliss-reactive ketones (excluding diaryl/α,β-unsaturated/α-hetero) is 1. The molecule has 0 fully saturated rings.